The molecule has 1 rings (SSSR count). The zero-order valence-corrected chi connectivity index (χ0v) is 11.9. The predicted molar refractivity (Wildman–Crippen MR) is 73.8 cm³/mol. The normalized spacial score (nSPS) is 22.5. The molecule has 1 saturated heterocycles. The highest BCUT2D eigenvalue weighted by Crippen LogP contribution is 2.22. The van der Waals surface area contributed by atoms with Crippen LogP contribution in [0.1, 0.15) is 46.0 Å². The number of amides is 1. The predicted octanol–water partition coefficient (Wildman–Crippen LogP) is 1.38. The Hall–Kier alpha value is -1.10. The topological polar surface area (TPSA) is 78.4 Å². The van der Waals surface area contributed by atoms with Crippen molar-refractivity contribution in [3.05, 3.63) is 0 Å². The van der Waals surface area contributed by atoms with Crippen molar-refractivity contribution in [2.45, 2.75) is 52.0 Å². The van der Waals surface area contributed by atoms with Crippen LogP contribution in [0.5, 0.6) is 0 Å². The van der Waals surface area contributed by atoms with E-state index < -0.39 is 5.97 Å². The van der Waals surface area contributed by atoms with Gasteiger partial charge in [-0.2, -0.15) is 0 Å². The van der Waals surface area contributed by atoms with E-state index in [2.05, 4.69) is 17.6 Å². The monoisotopic (exact) mass is 270 g/mol. The van der Waals surface area contributed by atoms with Gasteiger partial charge >= 0.3 is 5.97 Å². The van der Waals surface area contributed by atoms with Crippen molar-refractivity contribution in [3.8, 4) is 0 Å². The van der Waals surface area contributed by atoms with E-state index >= 15 is 0 Å². The van der Waals surface area contributed by atoms with E-state index in [1.807, 2.05) is 6.92 Å². The number of carboxylic acid groups (broad SMARTS) is 1. The summed E-state index contributed by atoms with van der Waals surface area (Å²) >= 11 is 0. The number of piperidine rings is 1. The lowest BCUT2D eigenvalue weighted by Crippen LogP contribution is -2.37. The Morgan fingerprint density at radius 2 is 2.16 bits per heavy atom. The summed E-state index contributed by atoms with van der Waals surface area (Å²) in [5.41, 5.74) is 0. The van der Waals surface area contributed by atoms with Crippen LogP contribution in [0.4, 0.5) is 0 Å². The molecule has 5 nitrogen and oxygen atoms in total. The Morgan fingerprint density at radius 3 is 2.74 bits per heavy atom. The van der Waals surface area contributed by atoms with Crippen molar-refractivity contribution in [1.82, 2.24) is 10.6 Å². The Balaban J connectivity index is 2.23. The van der Waals surface area contributed by atoms with Crippen molar-refractivity contribution in [2.75, 3.05) is 13.1 Å². The lowest BCUT2D eigenvalue weighted by atomic mass is 9.85. The van der Waals surface area contributed by atoms with Gasteiger partial charge in [-0.1, -0.05) is 6.92 Å². The molecule has 3 N–H and O–H groups in total. The molecular weight excluding hydrogens is 244 g/mol. The SMILES string of the molecule is CC(CCC(=O)O)NC(=O)CC(C)C1CCCNC1. The lowest BCUT2D eigenvalue weighted by Gasteiger charge is -2.28. The van der Waals surface area contributed by atoms with E-state index in [9.17, 15) is 9.59 Å². The van der Waals surface area contributed by atoms with Crippen molar-refractivity contribution in [1.29, 1.82) is 0 Å². The van der Waals surface area contributed by atoms with Gasteiger partial charge in [0.1, 0.15) is 0 Å². The number of hydrogen-bond donors (Lipinski definition) is 3. The Bertz CT molecular complexity index is 301. The highest BCUT2D eigenvalue weighted by molar-refractivity contribution is 5.76. The van der Waals surface area contributed by atoms with Crippen LogP contribution >= 0.6 is 0 Å². The summed E-state index contributed by atoms with van der Waals surface area (Å²) in [7, 11) is 0. The molecule has 0 saturated carbocycles. The van der Waals surface area contributed by atoms with Gasteiger partial charge in [0.25, 0.3) is 0 Å². The third-order valence-corrected chi connectivity index (χ3v) is 3.85. The van der Waals surface area contributed by atoms with Gasteiger partial charge in [-0.05, 0) is 51.1 Å². The van der Waals surface area contributed by atoms with E-state index in [4.69, 9.17) is 5.11 Å². The molecule has 0 aliphatic carbocycles. The number of hydrogen-bond acceptors (Lipinski definition) is 3. The molecule has 1 aliphatic heterocycles. The molecule has 0 aromatic rings. The zero-order valence-electron chi connectivity index (χ0n) is 11.9. The lowest BCUT2D eigenvalue weighted by molar-refractivity contribution is -0.137. The van der Waals surface area contributed by atoms with E-state index in [0.29, 0.717) is 24.7 Å². The fourth-order valence-electron chi connectivity index (χ4n) is 2.57. The minimum atomic E-state index is -0.817. The molecule has 1 heterocycles. The summed E-state index contributed by atoms with van der Waals surface area (Å²) in [6.45, 7) is 6.07. The van der Waals surface area contributed by atoms with Crippen LogP contribution in [0.15, 0.2) is 0 Å². The highest BCUT2D eigenvalue weighted by atomic mass is 16.4. The standard InChI is InChI=1S/C14H26N2O3/c1-10(12-4-3-7-15-9-12)8-13(17)16-11(2)5-6-14(18)19/h10-12,15H,3-9H2,1-2H3,(H,16,17)(H,18,19). The molecule has 0 radical (unpaired) electrons. The minimum absolute atomic E-state index is 0.0379. The summed E-state index contributed by atoms with van der Waals surface area (Å²) < 4.78 is 0. The molecule has 0 bridgehead atoms. The molecule has 19 heavy (non-hydrogen) atoms. The third-order valence-electron chi connectivity index (χ3n) is 3.85. The molecule has 0 aromatic heterocycles. The first-order valence-electron chi connectivity index (χ1n) is 7.21. The molecule has 1 aliphatic rings. The first-order chi connectivity index (χ1) is 8.99. The molecule has 3 unspecified atom stereocenters. The van der Waals surface area contributed by atoms with Gasteiger partial charge in [-0.25, -0.2) is 0 Å². The number of carboxylic acids is 1. The van der Waals surface area contributed by atoms with Crippen LogP contribution < -0.4 is 10.6 Å². The van der Waals surface area contributed by atoms with E-state index in [1.165, 1.54) is 12.8 Å². The van der Waals surface area contributed by atoms with Crippen LogP contribution in [0, 0.1) is 11.8 Å². The maximum absolute atomic E-state index is 11.9. The largest absolute Gasteiger partial charge is 0.481 e. The summed E-state index contributed by atoms with van der Waals surface area (Å²) in [6, 6.07) is -0.0692. The molecule has 1 amide bonds. The molecule has 0 spiro atoms. The number of rotatable bonds is 7. The molecule has 3 atom stereocenters. The quantitative estimate of drug-likeness (QED) is 0.653. The Morgan fingerprint density at radius 1 is 1.42 bits per heavy atom. The van der Waals surface area contributed by atoms with E-state index in [1.54, 1.807) is 0 Å². The van der Waals surface area contributed by atoms with E-state index in [0.717, 1.165) is 13.1 Å². The first-order valence-corrected chi connectivity index (χ1v) is 7.21. The second kappa shape index (κ2) is 8.15. The summed E-state index contributed by atoms with van der Waals surface area (Å²) in [5, 5.41) is 14.8. The van der Waals surface area contributed by atoms with Gasteiger partial charge in [-0.3, -0.25) is 9.59 Å². The fraction of sp³-hybridized carbons (Fsp3) is 0.857. The van der Waals surface area contributed by atoms with Crippen LogP contribution in [0.25, 0.3) is 0 Å². The van der Waals surface area contributed by atoms with Crippen molar-refractivity contribution in [3.63, 3.8) is 0 Å². The average Bonchev–Trinajstić information content (AvgIpc) is 2.37. The number of carbonyl (C=O) groups excluding carboxylic acids is 1. The molecule has 110 valence electrons. The summed E-state index contributed by atoms with van der Waals surface area (Å²) in [5.74, 6) is 0.173. The van der Waals surface area contributed by atoms with Gasteiger partial charge in [0.05, 0.1) is 0 Å². The Kier molecular flexibility index (Phi) is 6.84. The Labute approximate surface area is 115 Å². The highest BCUT2D eigenvalue weighted by Gasteiger charge is 2.22. The number of carbonyl (C=O) groups is 2. The second-order valence-corrected chi connectivity index (χ2v) is 5.69. The summed E-state index contributed by atoms with van der Waals surface area (Å²) in [4.78, 5) is 22.3. The van der Waals surface area contributed by atoms with Crippen molar-refractivity contribution in [2.24, 2.45) is 11.8 Å². The number of nitrogens with one attached hydrogen (secondary N) is 2. The maximum atomic E-state index is 11.9. The van der Waals surface area contributed by atoms with Gasteiger partial charge in [-0.15, -0.1) is 0 Å². The van der Waals surface area contributed by atoms with Gasteiger partial charge in [0.2, 0.25) is 5.91 Å². The van der Waals surface area contributed by atoms with Gasteiger partial charge < -0.3 is 15.7 Å². The molecule has 5 heteroatoms. The third kappa shape index (κ3) is 6.57. The minimum Gasteiger partial charge on any atom is -0.481 e. The average molecular weight is 270 g/mol. The van der Waals surface area contributed by atoms with Gasteiger partial charge in [0, 0.05) is 18.9 Å². The molecular formula is C14H26N2O3. The van der Waals surface area contributed by atoms with Crippen LogP contribution in [-0.2, 0) is 9.59 Å². The zero-order chi connectivity index (χ0) is 14.3. The summed E-state index contributed by atoms with van der Waals surface area (Å²) in [6.07, 6.45) is 3.50. The van der Waals surface area contributed by atoms with E-state index in [-0.39, 0.29) is 18.4 Å². The fourth-order valence-corrected chi connectivity index (χ4v) is 2.57. The second-order valence-electron chi connectivity index (χ2n) is 5.69. The van der Waals surface area contributed by atoms with Crippen LogP contribution in [0.2, 0.25) is 0 Å². The molecule has 0 aromatic carbocycles. The van der Waals surface area contributed by atoms with Crippen molar-refractivity contribution < 1.29 is 14.7 Å². The van der Waals surface area contributed by atoms with Crippen molar-refractivity contribution >= 4 is 11.9 Å². The number of aliphatic carboxylic acids is 1. The first kappa shape index (κ1) is 16.0. The van der Waals surface area contributed by atoms with Crippen LogP contribution in [0.3, 0.4) is 0 Å². The molecule has 1 fully saturated rings. The van der Waals surface area contributed by atoms with Crippen LogP contribution in [-0.4, -0.2) is 36.1 Å². The maximum Gasteiger partial charge on any atom is 0.303 e. The van der Waals surface area contributed by atoms with Gasteiger partial charge in [0.15, 0.2) is 0 Å². The smallest absolute Gasteiger partial charge is 0.303 e.